The van der Waals surface area contributed by atoms with Crippen molar-refractivity contribution in [2.24, 2.45) is 0 Å². The molecule has 1 aliphatic heterocycles. The first kappa shape index (κ1) is 15.5. The van der Waals surface area contributed by atoms with E-state index in [9.17, 15) is 19.8 Å². The van der Waals surface area contributed by atoms with Gasteiger partial charge in [-0.15, -0.1) is 11.8 Å². The second-order valence-electron chi connectivity index (χ2n) is 4.59. The average molecular weight is 311 g/mol. The Kier molecular flexibility index (Phi) is 4.62. The van der Waals surface area contributed by atoms with Crippen molar-refractivity contribution >= 4 is 23.6 Å². The SMILES string of the molecule is CCOc1cccc([C@@H]2SC[C@H](C(=O)O)N2C(C)=O)c1O. The summed E-state index contributed by atoms with van der Waals surface area (Å²) < 4.78 is 5.33. The zero-order valence-corrected chi connectivity index (χ0v) is 12.6. The molecule has 0 aliphatic carbocycles. The summed E-state index contributed by atoms with van der Waals surface area (Å²) in [4.78, 5) is 24.3. The standard InChI is InChI=1S/C14H17NO5S/c1-3-20-11-6-4-5-9(12(11)17)13-15(8(2)16)10(7-21-13)14(18)19/h4-6,10,13,17H,3,7H2,1-2H3,(H,18,19)/t10-,13+/m1/s1. The number of amides is 1. The minimum Gasteiger partial charge on any atom is -0.504 e. The minimum absolute atomic E-state index is 0.0471. The molecule has 1 saturated heterocycles. The average Bonchev–Trinajstić information content (AvgIpc) is 2.86. The van der Waals surface area contributed by atoms with E-state index in [1.165, 1.54) is 23.6 Å². The lowest BCUT2D eigenvalue weighted by atomic mass is 10.1. The third kappa shape index (κ3) is 2.92. The molecule has 2 atom stereocenters. The zero-order chi connectivity index (χ0) is 15.6. The highest BCUT2D eigenvalue weighted by atomic mass is 32.2. The summed E-state index contributed by atoms with van der Waals surface area (Å²) in [5.41, 5.74) is 0.491. The van der Waals surface area contributed by atoms with Crippen LogP contribution in [-0.2, 0) is 9.59 Å². The van der Waals surface area contributed by atoms with Gasteiger partial charge in [-0.05, 0) is 13.0 Å². The van der Waals surface area contributed by atoms with Gasteiger partial charge in [0.05, 0.1) is 6.61 Å². The van der Waals surface area contributed by atoms with Crippen LogP contribution in [0.2, 0.25) is 0 Å². The first-order valence-corrected chi connectivity index (χ1v) is 7.60. The Labute approximate surface area is 126 Å². The topological polar surface area (TPSA) is 87.1 Å². The number of nitrogens with zero attached hydrogens (tertiary/aromatic N) is 1. The molecular formula is C14H17NO5S. The number of rotatable bonds is 4. The number of carbonyl (C=O) groups is 2. The van der Waals surface area contributed by atoms with Crippen LogP contribution in [0.15, 0.2) is 18.2 Å². The molecule has 1 fully saturated rings. The molecule has 0 bridgehead atoms. The summed E-state index contributed by atoms with van der Waals surface area (Å²) in [6, 6.07) is 4.14. The van der Waals surface area contributed by atoms with Gasteiger partial charge in [-0.3, -0.25) is 4.79 Å². The molecule has 1 aromatic rings. The monoisotopic (exact) mass is 311 g/mol. The third-order valence-electron chi connectivity index (χ3n) is 3.25. The van der Waals surface area contributed by atoms with Crippen molar-refractivity contribution in [2.45, 2.75) is 25.3 Å². The first-order chi connectivity index (χ1) is 9.97. The number of aliphatic carboxylic acids is 1. The van der Waals surface area contributed by atoms with Crippen molar-refractivity contribution in [1.82, 2.24) is 4.90 Å². The summed E-state index contributed by atoms with van der Waals surface area (Å²) in [6.07, 6.45) is 0. The summed E-state index contributed by atoms with van der Waals surface area (Å²) in [5.74, 6) is -0.802. The van der Waals surface area contributed by atoms with E-state index in [4.69, 9.17) is 4.74 Å². The van der Waals surface area contributed by atoms with Crippen LogP contribution in [0.4, 0.5) is 0 Å². The number of benzene rings is 1. The largest absolute Gasteiger partial charge is 0.504 e. The Hall–Kier alpha value is -1.89. The number of hydrogen-bond acceptors (Lipinski definition) is 5. The Morgan fingerprint density at radius 3 is 2.76 bits per heavy atom. The second kappa shape index (κ2) is 6.26. The number of phenols is 1. The van der Waals surface area contributed by atoms with Crippen LogP contribution in [0.3, 0.4) is 0 Å². The van der Waals surface area contributed by atoms with E-state index in [0.717, 1.165) is 0 Å². The van der Waals surface area contributed by atoms with E-state index in [0.29, 0.717) is 17.9 Å². The van der Waals surface area contributed by atoms with Crippen molar-refractivity contribution in [3.05, 3.63) is 23.8 Å². The van der Waals surface area contributed by atoms with E-state index in [-0.39, 0.29) is 17.4 Å². The molecule has 0 radical (unpaired) electrons. The lowest BCUT2D eigenvalue weighted by Gasteiger charge is -2.27. The molecule has 0 unspecified atom stereocenters. The van der Waals surface area contributed by atoms with Gasteiger partial charge in [-0.1, -0.05) is 12.1 Å². The van der Waals surface area contributed by atoms with Crippen LogP contribution < -0.4 is 4.74 Å². The van der Waals surface area contributed by atoms with Gasteiger partial charge in [0, 0.05) is 18.2 Å². The van der Waals surface area contributed by atoms with E-state index in [1.54, 1.807) is 25.1 Å². The van der Waals surface area contributed by atoms with E-state index in [2.05, 4.69) is 0 Å². The molecule has 2 N–H and O–H groups in total. The first-order valence-electron chi connectivity index (χ1n) is 6.55. The fourth-order valence-electron chi connectivity index (χ4n) is 2.33. The molecule has 6 nitrogen and oxygen atoms in total. The van der Waals surface area contributed by atoms with Crippen LogP contribution in [0.5, 0.6) is 11.5 Å². The molecule has 1 heterocycles. The molecule has 0 spiro atoms. The number of carbonyl (C=O) groups excluding carboxylic acids is 1. The van der Waals surface area contributed by atoms with Crippen LogP contribution in [0, 0.1) is 0 Å². The third-order valence-corrected chi connectivity index (χ3v) is 4.55. The quantitative estimate of drug-likeness (QED) is 0.882. The number of hydrogen-bond donors (Lipinski definition) is 2. The van der Waals surface area contributed by atoms with Gasteiger partial charge in [0.15, 0.2) is 11.5 Å². The number of carboxylic acid groups (broad SMARTS) is 1. The van der Waals surface area contributed by atoms with Crippen molar-refractivity contribution in [3.63, 3.8) is 0 Å². The second-order valence-corrected chi connectivity index (χ2v) is 5.71. The van der Waals surface area contributed by atoms with Crippen LogP contribution in [0.1, 0.15) is 24.8 Å². The normalized spacial score (nSPS) is 21.3. The Bertz CT molecular complexity index is 562. The van der Waals surface area contributed by atoms with Crippen molar-refractivity contribution in [3.8, 4) is 11.5 Å². The Morgan fingerprint density at radius 2 is 2.19 bits per heavy atom. The summed E-state index contributed by atoms with van der Waals surface area (Å²) in [7, 11) is 0. The number of thioether (sulfide) groups is 1. The predicted octanol–water partition coefficient (Wildman–Crippen LogP) is 1.84. The number of ether oxygens (including phenoxy) is 1. The summed E-state index contributed by atoms with van der Waals surface area (Å²) in [5, 5.41) is 19.0. The lowest BCUT2D eigenvalue weighted by Crippen LogP contribution is -2.41. The van der Waals surface area contributed by atoms with Crippen LogP contribution >= 0.6 is 11.8 Å². The summed E-state index contributed by atoms with van der Waals surface area (Å²) in [6.45, 7) is 3.54. The van der Waals surface area contributed by atoms with E-state index >= 15 is 0 Å². The maximum atomic E-state index is 11.8. The van der Waals surface area contributed by atoms with Gasteiger partial charge in [0.2, 0.25) is 5.91 Å². The van der Waals surface area contributed by atoms with E-state index < -0.39 is 17.4 Å². The highest BCUT2D eigenvalue weighted by molar-refractivity contribution is 7.99. The van der Waals surface area contributed by atoms with Gasteiger partial charge in [-0.2, -0.15) is 0 Å². The molecule has 2 rings (SSSR count). The molecule has 7 heteroatoms. The molecule has 0 saturated carbocycles. The van der Waals surface area contributed by atoms with Crippen LogP contribution in [0.25, 0.3) is 0 Å². The van der Waals surface area contributed by atoms with Crippen molar-refractivity contribution in [2.75, 3.05) is 12.4 Å². The molecule has 114 valence electrons. The van der Waals surface area contributed by atoms with Crippen LogP contribution in [-0.4, -0.2) is 45.4 Å². The number of para-hydroxylation sites is 1. The highest BCUT2D eigenvalue weighted by Gasteiger charge is 2.42. The molecular weight excluding hydrogens is 294 g/mol. The van der Waals surface area contributed by atoms with Crippen molar-refractivity contribution < 1.29 is 24.5 Å². The smallest absolute Gasteiger partial charge is 0.327 e. The van der Waals surface area contributed by atoms with Gasteiger partial charge in [-0.25, -0.2) is 4.79 Å². The molecule has 1 aromatic carbocycles. The van der Waals surface area contributed by atoms with Crippen molar-refractivity contribution in [1.29, 1.82) is 0 Å². The molecule has 21 heavy (non-hydrogen) atoms. The Morgan fingerprint density at radius 1 is 1.48 bits per heavy atom. The Balaban J connectivity index is 2.39. The summed E-state index contributed by atoms with van der Waals surface area (Å²) >= 11 is 1.32. The maximum absolute atomic E-state index is 11.8. The zero-order valence-electron chi connectivity index (χ0n) is 11.8. The number of carboxylic acids is 1. The van der Waals surface area contributed by atoms with Gasteiger partial charge < -0.3 is 19.8 Å². The maximum Gasteiger partial charge on any atom is 0.327 e. The fraction of sp³-hybridized carbons (Fsp3) is 0.429. The number of aromatic hydroxyl groups is 1. The number of phenolic OH excluding ortho intramolecular Hbond substituents is 1. The van der Waals surface area contributed by atoms with Gasteiger partial charge in [0.25, 0.3) is 0 Å². The fourth-order valence-corrected chi connectivity index (χ4v) is 3.82. The lowest BCUT2D eigenvalue weighted by molar-refractivity contribution is -0.148. The van der Waals surface area contributed by atoms with E-state index in [1.807, 2.05) is 0 Å². The highest BCUT2D eigenvalue weighted by Crippen LogP contribution is 2.46. The minimum atomic E-state index is -1.04. The molecule has 0 aromatic heterocycles. The van der Waals surface area contributed by atoms with Gasteiger partial charge >= 0.3 is 5.97 Å². The van der Waals surface area contributed by atoms with Gasteiger partial charge in [0.1, 0.15) is 11.4 Å². The molecule has 1 aliphatic rings. The molecule has 1 amide bonds. The predicted molar refractivity (Wildman–Crippen MR) is 78.4 cm³/mol.